The number of hydrogen-bond acceptors (Lipinski definition) is 3. The Bertz CT molecular complexity index is 654. The molecule has 108 valence electrons. The molecule has 2 N–H and O–H groups in total. The van der Waals surface area contributed by atoms with E-state index in [1.807, 2.05) is 19.1 Å². The highest BCUT2D eigenvalue weighted by Crippen LogP contribution is 2.31. The van der Waals surface area contributed by atoms with Gasteiger partial charge in [-0.25, -0.2) is 4.98 Å². The van der Waals surface area contributed by atoms with Crippen molar-refractivity contribution < 1.29 is 0 Å². The standard InChI is InChI=1S/C17H19N3S/c1-12-7-8-15(16(18)21)17(19-12)20-10-9-14(11-20)13-5-3-2-4-6-13/h2-8,14H,9-11H2,1H3,(H2,18,21). The van der Waals surface area contributed by atoms with E-state index in [9.17, 15) is 0 Å². The molecule has 1 aliphatic heterocycles. The summed E-state index contributed by atoms with van der Waals surface area (Å²) in [7, 11) is 0. The summed E-state index contributed by atoms with van der Waals surface area (Å²) in [6, 6.07) is 14.6. The Morgan fingerprint density at radius 3 is 2.71 bits per heavy atom. The molecule has 0 saturated carbocycles. The molecule has 1 aromatic heterocycles. The van der Waals surface area contributed by atoms with Crippen LogP contribution in [0.3, 0.4) is 0 Å². The first kappa shape index (κ1) is 14.0. The molecule has 3 rings (SSSR count). The third kappa shape index (κ3) is 2.90. The average Bonchev–Trinajstić information content (AvgIpc) is 2.97. The van der Waals surface area contributed by atoms with Gasteiger partial charge in [-0.2, -0.15) is 0 Å². The van der Waals surface area contributed by atoms with Crippen LogP contribution in [0.2, 0.25) is 0 Å². The van der Waals surface area contributed by atoms with Crippen LogP contribution in [0.4, 0.5) is 5.82 Å². The van der Waals surface area contributed by atoms with Gasteiger partial charge in [0.2, 0.25) is 0 Å². The smallest absolute Gasteiger partial charge is 0.139 e. The topological polar surface area (TPSA) is 42.1 Å². The highest BCUT2D eigenvalue weighted by atomic mass is 32.1. The summed E-state index contributed by atoms with van der Waals surface area (Å²) < 4.78 is 0. The highest BCUT2D eigenvalue weighted by Gasteiger charge is 2.26. The van der Waals surface area contributed by atoms with E-state index in [1.165, 1.54) is 5.56 Å². The zero-order valence-electron chi connectivity index (χ0n) is 12.1. The maximum Gasteiger partial charge on any atom is 0.139 e. The van der Waals surface area contributed by atoms with Crippen molar-refractivity contribution in [2.24, 2.45) is 5.73 Å². The van der Waals surface area contributed by atoms with E-state index in [2.05, 4.69) is 40.2 Å². The van der Waals surface area contributed by atoms with E-state index >= 15 is 0 Å². The van der Waals surface area contributed by atoms with Crippen molar-refractivity contribution in [2.75, 3.05) is 18.0 Å². The van der Waals surface area contributed by atoms with Crippen molar-refractivity contribution >= 4 is 23.0 Å². The van der Waals surface area contributed by atoms with Crippen molar-refractivity contribution in [3.63, 3.8) is 0 Å². The van der Waals surface area contributed by atoms with E-state index in [1.54, 1.807) is 0 Å². The number of rotatable bonds is 3. The molecule has 0 radical (unpaired) electrons. The molecule has 2 heterocycles. The molecule has 0 bridgehead atoms. The molecular formula is C17H19N3S. The lowest BCUT2D eigenvalue weighted by molar-refractivity contribution is 0.774. The van der Waals surface area contributed by atoms with E-state index in [0.717, 1.165) is 36.6 Å². The fraction of sp³-hybridized carbons (Fsp3) is 0.294. The number of aryl methyl sites for hydroxylation is 1. The van der Waals surface area contributed by atoms with E-state index in [4.69, 9.17) is 18.0 Å². The zero-order chi connectivity index (χ0) is 14.8. The zero-order valence-corrected chi connectivity index (χ0v) is 12.9. The summed E-state index contributed by atoms with van der Waals surface area (Å²) in [5.74, 6) is 1.48. The van der Waals surface area contributed by atoms with Crippen LogP contribution in [0.15, 0.2) is 42.5 Å². The number of nitrogens with two attached hydrogens (primary N) is 1. The van der Waals surface area contributed by atoms with Crippen LogP contribution >= 0.6 is 12.2 Å². The number of pyridine rings is 1. The van der Waals surface area contributed by atoms with Gasteiger partial charge in [0.1, 0.15) is 10.8 Å². The average molecular weight is 297 g/mol. The van der Waals surface area contributed by atoms with Gasteiger partial charge in [0, 0.05) is 24.7 Å². The van der Waals surface area contributed by atoms with Crippen molar-refractivity contribution in [2.45, 2.75) is 19.3 Å². The fourth-order valence-corrected chi connectivity index (χ4v) is 3.09. The fourth-order valence-electron chi connectivity index (χ4n) is 2.93. The predicted molar refractivity (Wildman–Crippen MR) is 90.9 cm³/mol. The van der Waals surface area contributed by atoms with Crippen LogP contribution in [-0.4, -0.2) is 23.1 Å². The van der Waals surface area contributed by atoms with Crippen LogP contribution < -0.4 is 10.6 Å². The number of nitrogens with zero attached hydrogens (tertiary/aromatic N) is 2. The summed E-state index contributed by atoms with van der Waals surface area (Å²) in [5, 5.41) is 0. The van der Waals surface area contributed by atoms with Gasteiger partial charge in [-0.05, 0) is 31.0 Å². The number of anilines is 1. The Balaban J connectivity index is 1.86. The van der Waals surface area contributed by atoms with Gasteiger partial charge in [-0.1, -0.05) is 42.5 Å². The summed E-state index contributed by atoms with van der Waals surface area (Å²) in [5.41, 5.74) is 9.11. The lowest BCUT2D eigenvalue weighted by atomic mass is 9.99. The second-order valence-corrected chi connectivity index (χ2v) is 5.97. The minimum atomic E-state index is 0.417. The van der Waals surface area contributed by atoms with E-state index in [0.29, 0.717) is 10.9 Å². The van der Waals surface area contributed by atoms with Gasteiger partial charge in [-0.15, -0.1) is 0 Å². The van der Waals surface area contributed by atoms with Gasteiger partial charge in [0.15, 0.2) is 0 Å². The molecule has 3 nitrogen and oxygen atoms in total. The molecule has 1 aliphatic rings. The van der Waals surface area contributed by atoms with Crippen LogP contribution in [0.25, 0.3) is 0 Å². The largest absolute Gasteiger partial charge is 0.389 e. The number of aromatic nitrogens is 1. The second-order valence-electron chi connectivity index (χ2n) is 5.53. The lowest BCUT2D eigenvalue weighted by Gasteiger charge is -2.21. The molecule has 0 amide bonds. The third-order valence-corrected chi connectivity index (χ3v) is 4.26. The molecule has 21 heavy (non-hydrogen) atoms. The number of thiocarbonyl (C=S) groups is 1. The lowest BCUT2D eigenvalue weighted by Crippen LogP contribution is -2.25. The van der Waals surface area contributed by atoms with Gasteiger partial charge in [0.05, 0.1) is 5.56 Å². The summed E-state index contributed by atoms with van der Waals surface area (Å²) in [4.78, 5) is 7.38. The molecule has 2 aromatic rings. The maximum absolute atomic E-state index is 5.84. The van der Waals surface area contributed by atoms with Crippen molar-refractivity contribution in [1.82, 2.24) is 4.98 Å². The highest BCUT2D eigenvalue weighted by molar-refractivity contribution is 7.80. The first-order valence-electron chi connectivity index (χ1n) is 7.22. The normalized spacial score (nSPS) is 18.0. The minimum absolute atomic E-state index is 0.417. The Kier molecular flexibility index (Phi) is 3.88. The van der Waals surface area contributed by atoms with Crippen LogP contribution in [-0.2, 0) is 0 Å². The van der Waals surface area contributed by atoms with Crippen LogP contribution in [0.1, 0.15) is 29.2 Å². The number of hydrogen-bond donors (Lipinski definition) is 1. The minimum Gasteiger partial charge on any atom is -0.389 e. The van der Waals surface area contributed by atoms with Crippen molar-refractivity contribution in [1.29, 1.82) is 0 Å². The van der Waals surface area contributed by atoms with E-state index < -0.39 is 0 Å². The third-order valence-electron chi connectivity index (χ3n) is 4.04. The van der Waals surface area contributed by atoms with Gasteiger partial charge < -0.3 is 10.6 Å². The monoisotopic (exact) mass is 297 g/mol. The van der Waals surface area contributed by atoms with Gasteiger partial charge in [-0.3, -0.25) is 0 Å². The van der Waals surface area contributed by atoms with Gasteiger partial charge >= 0.3 is 0 Å². The molecule has 0 aliphatic carbocycles. The summed E-state index contributed by atoms with van der Waals surface area (Å²) >= 11 is 5.16. The Morgan fingerprint density at radius 1 is 1.24 bits per heavy atom. The quantitative estimate of drug-likeness (QED) is 0.884. The van der Waals surface area contributed by atoms with Crippen molar-refractivity contribution in [3.05, 3.63) is 59.3 Å². The first-order chi connectivity index (χ1) is 10.1. The van der Waals surface area contributed by atoms with Crippen LogP contribution in [0.5, 0.6) is 0 Å². The predicted octanol–water partition coefficient (Wildman–Crippen LogP) is 3.02. The summed E-state index contributed by atoms with van der Waals surface area (Å²) in [6.07, 6.45) is 1.14. The van der Waals surface area contributed by atoms with Gasteiger partial charge in [0.25, 0.3) is 0 Å². The Morgan fingerprint density at radius 2 is 2.00 bits per heavy atom. The van der Waals surface area contributed by atoms with Crippen molar-refractivity contribution in [3.8, 4) is 0 Å². The molecule has 1 atom stereocenters. The molecule has 1 aromatic carbocycles. The Hall–Kier alpha value is -1.94. The molecule has 0 spiro atoms. The number of benzene rings is 1. The summed E-state index contributed by atoms with van der Waals surface area (Å²) in [6.45, 7) is 3.96. The molecule has 4 heteroatoms. The second kappa shape index (κ2) is 5.82. The molecule has 1 saturated heterocycles. The Labute approximate surface area is 130 Å². The van der Waals surface area contributed by atoms with Crippen LogP contribution in [0, 0.1) is 6.92 Å². The SMILES string of the molecule is Cc1ccc(C(N)=S)c(N2CCC(c3ccccc3)C2)n1. The van der Waals surface area contributed by atoms with E-state index in [-0.39, 0.29) is 0 Å². The maximum atomic E-state index is 5.84. The molecule has 1 fully saturated rings. The first-order valence-corrected chi connectivity index (χ1v) is 7.63. The molecule has 1 unspecified atom stereocenters. The molecular weight excluding hydrogens is 278 g/mol.